The molecule has 0 aliphatic carbocycles. The van der Waals surface area contributed by atoms with Gasteiger partial charge < -0.3 is 11.1 Å². The van der Waals surface area contributed by atoms with Crippen molar-refractivity contribution in [1.29, 1.82) is 0 Å². The van der Waals surface area contributed by atoms with Crippen molar-refractivity contribution in [3.8, 4) is 0 Å². The van der Waals surface area contributed by atoms with Gasteiger partial charge in [-0.15, -0.1) is 12.4 Å². The van der Waals surface area contributed by atoms with Crippen LogP contribution in [0.25, 0.3) is 0 Å². The third-order valence-electron chi connectivity index (χ3n) is 3.70. The van der Waals surface area contributed by atoms with Crippen molar-refractivity contribution in [1.82, 2.24) is 5.32 Å². The summed E-state index contributed by atoms with van der Waals surface area (Å²) in [5.74, 6) is 0.138. The van der Waals surface area contributed by atoms with E-state index in [9.17, 15) is 18.0 Å². The van der Waals surface area contributed by atoms with E-state index >= 15 is 0 Å². The average molecular weight is 367 g/mol. The average Bonchev–Trinajstić information content (AvgIpc) is 2.45. The van der Waals surface area contributed by atoms with Crippen molar-refractivity contribution in [3.63, 3.8) is 0 Å². The summed E-state index contributed by atoms with van der Waals surface area (Å²) >= 11 is 0. The lowest BCUT2D eigenvalue weighted by atomic mass is 9.96. The van der Waals surface area contributed by atoms with Crippen molar-refractivity contribution in [2.45, 2.75) is 51.7 Å². The van der Waals surface area contributed by atoms with Crippen LogP contribution in [-0.2, 0) is 11.0 Å². The quantitative estimate of drug-likeness (QED) is 0.763. The SMILES string of the molecule is CC(C)CC(CN)NC(=O)CC(C)c1ccc(C(F)(F)F)cc1.Cl. The molecule has 24 heavy (non-hydrogen) atoms. The van der Waals surface area contributed by atoms with Crippen LogP contribution >= 0.6 is 12.4 Å². The lowest BCUT2D eigenvalue weighted by molar-refractivity contribution is -0.137. The third kappa shape index (κ3) is 7.53. The fourth-order valence-electron chi connectivity index (χ4n) is 2.47. The molecule has 0 saturated carbocycles. The molecule has 7 heteroatoms. The molecule has 0 aliphatic heterocycles. The molecular weight excluding hydrogens is 341 g/mol. The van der Waals surface area contributed by atoms with Gasteiger partial charge >= 0.3 is 6.18 Å². The molecule has 0 heterocycles. The Labute approximate surface area is 147 Å². The smallest absolute Gasteiger partial charge is 0.352 e. The fourth-order valence-corrected chi connectivity index (χ4v) is 2.47. The van der Waals surface area contributed by atoms with Gasteiger partial charge in [0.2, 0.25) is 5.91 Å². The van der Waals surface area contributed by atoms with E-state index in [0.29, 0.717) is 18.0 Å². The Morgan fingerprint density at radius 3 is 2.12 bits per heavy atom. The molecule has 3 N–H and O–H groups in total. The molecule has 1 aromatic carbocycles. The molecule has 3 nitrogen and oxygen atoms in total. The van der Waals surface area contributed by atoms with Gasteiger partial charge in [0.15, 0.2) is 0 Å². The topological polar surface area (TPSA) is 55.1 Å². The minimum absolute atomic E-state index is 0. The summed E-state index contributed by atoms with van der Waals surface area (Å²) in [5, 5.41) is 2.89. The molecule has 2 unspecified atom stereocenters. The Kier molecular flexibility index (Phi) is 9.37. The number of carbonyl (C=O) groups is 1. The molecule has 0 saturated heterocycles. The highest BCUT2D eigenvalue weighted by atomic mass is 35.5. The molecule has 2 atom stereocenters. The van der Waals surface area contributed by atoms with Crippen LogP contribution in [0.5, 0.6) is 0 Å². The first-order valence-electron chi connectivity index (χ1n) is 7.80. The van der Waals surface area contributed by atoms with Crippen LogP contribution < -0.4 is 11.1 Å². The number of alkyl halides is 3. The van der Waals surface area contributed by atoms with Gasteiger partial charge in [-0.05, 0) is 36.0 Å². The monoisotopic (exact) mass is 366 g/mol. The summed E-state index contributed by atoms with van der Waals surface area (Å²) in [6.45, 7) is 6.31. The second kappa shape index (κ2) is 9.89. The Morgan fingerprint density at radius 2 is 1.71 bits per heavy atom. The normalized spacial score (nSPS) is 14.0. The van der Waals surface area contributed by atoms with Crippen LogP contribution in [0, 0.1) is 5.92 Å². The first-order chi connectivity index (χ1) is 10.6. The Hall–Kier alpha value is -1.27. The number of benzene rings is 1. The zero-order valence-electron chi connectivity index (χ0n) is 14.2. The van der Waals surface area contributed by atoms with Crippen LogP contribution in [-0.4, -0.2) is 18.5 Å². The first kappa shape index (κ1) is 22.7. The zero-order valence-corrected chi connectivity index (χ0v) is 15.0. The second-order valence-corrected chi connectivity index (χ2v) is 6.35. The van der Waals surface area contributed by atoms with Crippen molar-refractivity contribution in [2.75, 3.05) is 6.54 Å². The molecule has 0 radical (unpaired) electrons. The molecule has 0 bridgehead atoms. The van der Waals surface area contributed by atoms with Gasteiger partial charge in [0, 0.05) is 19.0 Å². The summed E-state index contributed by atoms with van der Waals surface area (Å²) in [4.78, 5) is 12.1. The first-order valence-corrected chi connectivity index (χ1v) is 7.80. The lowest BCUT2D eigenvalue weighted by Gasteiger charge is -2.20. The maximum atomic E-state index is 12.5. The molecule has 1 rings (SSSR count). The van der Waals surface area contributed by atoms with Crippen molar-refractivity contribution < 1.29 is 18.0 Å². The predicted octanol–water partition coefficient (Wildman–Crippen LogP) is 4.11. The van der Waals surface area contributed by atoms with Gasteiger partial charge in [-0.2, -0.15) is 13.2 Å². The summed E-state index contributed by atoms with van der Waals surface area (Å²) in [5.41, 5.74) is 5.67. The van der Waals surface area contributed by atoms with Crippen LogP contribution in [0.15, 0.2) is 24.3 Å². The van der Waals surface area contributed by atoms with Crippen LogP contribution in [0.1, 0.15) is 50.7 Å². The molecule has 138 valence electrons. The lowest BCUT2D eigenvalue weighted by Crippen LogP contribution is -2.41. The highest BCUT2D eigenvalue weighted by Gasteiger charge is 2.30. The largest absolute Gasteiger partial charge is 0.416 e. The number of amides is 1. The number of carbonyl (C=O) groups excluding carboxylic acids is 1. The van der Waals surface area contributed by atoms with E-state index in [1.807, 2.05) is 6.92 Å². The van der Waals surface area contributed by atoms with Gasteiger partial charge in [-0.1, -0.05) is 32.9 Å². The predicted molar refractivity (Wildman–Crippen MR) is 92.2 cm³/mol. The molecular formula is C17H26ClF3N2O. The third-order valence-corrected chi connectivity index (χ3v) is 3.70. The number of rotatable bonds is 7. The molecule has 0 aliphatic rings. The molecule has 1 amide bonds. The molecule has 0 spiro atoms. The van der Waals surface area contributed by atoms with E-state index in [4.69, 9.17) is 5.73 Å². The van der Waals surface area contributed by atoms with E-state index in [0.717, 1.165) is 18.6 Å². The zero-order chi connectivity index (χ0) is 17.6. The maximum Gasteiger partial charge on any atom is 0.416 e. The summed E-state index contributed by atoms with van der Waals surface area (Å²) in [6.07, 6.45) is -3.32. The summed E-state index contributed by atoms with van der Waals surface area (Å²) < 4.78 is 37.6. The minimum Gasteiger partial charge on any atom is -0.352 e. The highest BCUT2D eigenvalue weighted by Crippen LogP contribution is 2.30. The Morgan fingerprint density at radius 1 is 1.17 bits per heavy atom. The number of halogens is 4. The van der Waals surface area contributed by atoms with Gasteiger partial charge in [0.1, 0.15) is 0 Å². The van der Waals surface area contributed by atoms with Gasteiger partial charge in [-0.3, -0.25) is 4.79 Å². The summed E-state index contributed by atoms with van der Waals surface area (Å²) in [7, 11) is 0. The number of hydrogen-bond acceptors (Lipinski definition) is 2. The number of nitrogens with two attached hydrogens (primary N) is 1. The van der Waals surface area contributed by atoms with Crippen LogP contribution in [0.4, 0.5) is 13.2 Å². The Balaban J connectivity index is 0.00000529. The molecule has 0 aromatic heterocycles. The highest BCUT2D eigenvalue weighted by molar-refractivity contribution is 5.85. The van der Waals surface area contributed by atoms with E-state index in [1.54, 1.807) is 0 Å². The van der Waals surface area contributed by atoms with Crippen molar-refractivity contribution in [2.24, 2.45) is 11.7 Å². The number of nitrogens with one attached hydrogen (secondary N) is 1. The minimum atomic E-state index is -4.34. The Bertz CT molecular complexity index is 504. The van der Waals surface area contributed by atoms with E-state index in [1.165, 1.54) is 12.1 Å². The van der Waals surface area contributed by atoms with Crippen molar-refractivity contribution in [3.05, 3.63) is 35.4 Å². The standard InChI is InChI=1S/C17H25F3N2O.ClH/c1-11(2)8-15(10-21)22-16(23)9-12(3)13-4-6-14(7-5-13)17(18,19)20;/h4-7,11-12,15H,8-10,21H2,1-3H3,(H,22,23);1H. The van der Waals surface area contributed by atoms with Gasteiger partial charge in [0.25, 0.3) is 0 Å². The molecule has 1 aromatic rings. The molecule has 0 fully saturated rings. The second-order valence-electron chi connectivity index (χ2n) is 6.35. The summed E-state index contributed by atoms with van der Waals surface area (Å²) in [6, 6.07) is 4.88. The van der Waals surface area contributed by atoms with Crippen LogP contribution in [0.2, 0.25) is 0 Å². The van der Waals surface area contributed by atoms with Gasteiger partial charge in [-0.25, -0.2) is 0 Å². The fraction of sp³-hybridized carbons (Fsp3) is 0.588. The van der Waals surface area contributed by atoms with E-state index in [-0.39, 0.29) is 36.7 Å². The van der Waals surface area contributed by atoms with Gasteiger partial charge in [0.05, 0.1) is 5.56 Å². The maximum absolute atomic E-state index is 12.5. The van der Waals surface area contributed by atoms with Crippen molar-refractivity contribution >= 4 is 18.3 Å². The number of hydrogen-bond donors (Lipinski definition) is 2. The van der Waals surface area contributed by atoms with Crippen LogP contribution in [0.3, 0.4) is 0 Å². The van der Waals surface area contributed by atoms with E-state index < -0.39 is 11.7 Å². The van der Waals surface area contributed by atoms with E-state index in [2.05, 4.69) is 19.2 Å².